The van der Waals surface area contributed by atoms with Crippen LogP contribution in [0.25, 0.3) is 5.69 Å². The number of ether oxygens (including phenoxy) is 1. The summed E-state index contributed by atoms with van der Waals surface area (Å²) < 4.78 is 62.2. The van der Waals surface area contributed by atoms with Gasteiger partial charge in [-0.15, -0.1) is 0 Å². The number of halogens is 2. The smallest absolute Gasteiger partial charge is 0.316 e. The van der Waals surface area contributed by atoms with Gasteiger partial charge in [0.05, 0.1) is 24.2 Å². The third-order valence-electron chi connectivity index (χ3n) is 7.42. The molecule has 2 aromatic carbocycles. The highest BCUT2D eigenvalue weighted by molar-refractivity contribution is 7.89. The molecule has 1 aromatic heterocycles. The summed E-state index contributed by atoms with van der Waals surface area (Å²) in [6.07, 6.45) is 3.84. The molecule has 0 unspecified atom stereocenters. The van der Waals surface area contributed by atoms with E-state index in [-0.39, 0.29) is 35.7 Å². The van der Waals surface area contributed by atoms with Gasteiger partial charge >= 0.3 is 5.56 Å². The highest BCUT2D eigenvalue weighted by atomic mass is 32.2. The molecule has 0 N–H and O–H groups in total. The summed E-state index contributed by atoms with van der Waals surface area (Å²) in [5.74, 6) is -1.59. The number of sulfonamides is 1. The molecular formula is C28H32F2N4O4S. The van der Waals surface area contributed by atoms with E-state index in [0.29, 0.717) is 31.8 Å². The fourth-order valence-corrected chi connectivity index (χ4v) is 6.05. The van der Waals surface area contributed by atoms with Crippen LogP contribution in [0.2, 0.25) is 0 Å². The van der Waals surface area contributed by atoms with Gasteiger partial charge in [-0.3, -0.25) is 4.79 Å². The number of anilines is 1. The minimum Gasteiger partial charge on any atom is -0.486 e. The molecule has 0 radical (unpaired) electrons. The minimum absolute atomic E-state index is 0.0187. The monoisotopic (exact) mass is 558 g/mol. The Balaban J connectivity index is 1.33. The van der Waals surface area contributed by atoms with Gasteiger partial charge in [-0.25, -0.2) is 17.2 Å². The SMILES string of the molecule is Cc1ccc(CCS(=O)(=O)N2CCN(c3cnn(-c4cc(F)cc(F)c4)c(=O)c3OCC3(C)CC3)CC2)cc1. The molecule has 2 heterocycles. The van der Waals surface area contributed by atoms with Crippen LogP contribution in [-0.2, 0) is 16.4 Å². The largest absolute Gasteiger partial charge is 0.486 e. The van der Waals surface area contributed by atoms with E-state index >= 15 is 0 Å². The number of aryl methyl sites for hydroxylation is 2. The molecule has 2 aliphatic rings. The van der Waals surface area contributed by atoms with Crippen molar-refractivity contribution in [3.8, 4) is 11.4 Å². The number of hydrogen-bond acceptors (Lipinski definition) is 6. The molecule has 1 saturated heterocycles. The summed E-state index contributed by atoms with van der Waals surface area (Å²) >= 11 is 0. The average Bonchev–Trinajstić information content (AvgIpc) is 3.64. The van der Waals surface area contributed by atoms with Crippen LogP contribution in [0.3, 0.4) is 0 Å². The minimum atomic E-state index is -3.46. The van der Waals surface area contributed by atoms with E-state index in [1.165, 1.54) is 10.5 Å². The molecule has 1 aliphatic carbocycles. The van der Waals surface area contributed by atoms with Gasteiger partial charge in [-0.05, 0) is 43.9 Å². The van der Waals surface area contributed by atoms with Gasteiger partial charge in [0.25, 0.3) is 0 Å². The van der Waals surface area contributed by atoms with Gasteiger partial charge in [-0.2, -0.15) is 14.1 Å². The zero-order chi connectivity index (χ0) is 27.8. The van der Waals surface area contributed by atoms with Crippen LogP contribution >= 0.6 is 0 Å². The fraction of sp³-hybridized carbons (Fsp3) is 0.429. The maximum absolute atomic E-state index is 13.9. The van der Waals surface area contributed by atoms with Crippen LogP contribution in [0.4, 0.5) is 14.5 Å². The normalized spacial score (nSPS) is 17.3. The summed E-state index contributed by atoms with van der Waals surface area (Å²) in [4.78, 5) is 15.3. The second-order valence-electron chi connectivity index (χ2n) is 10.7. The van der Waals surface area contributed by atoms with Crippen molar-refractivity contribution >= 4 is 15.7 Å². The zero-order valence-electron chi connectivity index (χ0n) is 22.1. The van der Waals surface area contributed by atoms with Crippen LogP contribution in [0.15, 0.2) is 53.5 Å². The number of rotatable bonds is 9. The topological polar surface area (TPSA) is 84.7 Å². The van der Waals surface area contributed by atoms with Crippen LogP contribution in [-0.4, -0.2) is 61.0 Å². The quantitative estimate of drug-likeness (QED) is 0.398. The van der Waals surface area contributed by atoms with E-state index in [1.54, 1.807) is 0 Å². The Morgan fingerprint density at radius 3 is 2.26 bits per heavy atom. The van der Waals surface area contributed by atoms with Gasteiger partial charge in [0.1, 0.15) is 17.3 Å². The van der Waals surface area contributed by atoms with E-state index in [4.69, 9.17) is 4.74 Å². The van der Waals surface area contributed by atoms with Crippen molar-refractivity contribution in [2.75, 3.05) is 43.4 Å². The summed E-state index contributed by atoms with van der Waals surface area (Å²) in [6.45, 7) is 5.58. The van der Waals surface area contributed by atoms with Crippen LogP contribution in [0, 0.1) is 24.0 Å². The highest BCUT2D eigenvalue weighted by Gasteiger charge is 2.39. The van der Waals surface area contributed by atoms with Gasteiger partial charge in [0, 0.05) is 37.7 Å². The lowest BCUT2D eigenvalue weighted by Gasteiger charge is -2.35. The van der Waals surface area contributed by atoms with Gasteiger partial charge in [-0.1, -0.05) is 36.8 Å². The van der Waals surface area contributed by atoms with Gasteiger partial charge < -0.3 is 9.64 Å². The van der Waals surface area contributed by atoms with Crippen molar-refractivity contribution < 1.29 is 21.9 Å². The number of hydrogen-bond donors (Lipinski definition) is 0. The summed E-state index contributed by atoms with van der Waals surface area (Å²) in [5, 5.41) is 4.18. The molecule has 8 nitrogen and oxygen atoms in total. The lowest BCUT2D eigenvalue weighted by molar-refractivity contribution is 0.242. The number of piperazine rings is 1. The van der Waals surface area contributed by atoms with E-state index in [0.717, 1.165) is 46.8 Å². The van der Waals surface area contributed by atoms with Crippen molar-refractivity contribution in [2.24, 2.45) is 5.41 Å². The first-order valence-corrected chi connectivity index (χ1v) is 14.6. The van der Waals surface area contributed by atoms with Crippen LogP contribution in [0.5, 0.6) is 5.75 Å². The van der Waals surface area contributed by atoms with E-state index in [9.17, 15) is 22.0 Å². The average molecular weight is 559 g/mol. The molecule has 0 spiro atoms. The molecule has 1 saturated carbocycles. The molecule has 1 aliphatic heterocycles. The summed E-state index contributed by atoms with van der Waals surface area (Å²) in [7, 11) is -3.46. The molecule has 39 heavy (non-hydrogen) atoms. The first-order chi connectivity index (χ1) is 18.5. The summed E-state index contributed by atoms with van der Waals surface area (Å²) in [5.41, 5.74) is 1.84. The zero-order valence-corrected chi connectivity index (χ0v) is 22.9. The molecule has 0 atom stereocenters. The van der Waals surface area contributed by atoms with E-state index in [2.05, 4.69) is 12.0 Å². The van der Waals surface area contributed by atoms with Crippen molar-refractivity contribution in [1.29, 1.82) is 0 Å². The van der Waals surface area contributed by atoms with Gasteiger partial charge in [0.15, 0.2) is 0 Å². The first kappa shape index (κ1) is 27.3. The maximum Gasteiger partial charge on any atom is 0.316 e. The second kappa shape index (κ2) is 10.7. The standard InChI is InChI=1S/C28H32F2N4O4S/c1-20-3-5-21(6-4-20)7-14-39(36,37)33-12-10-32(11-13-33)25-18-31-34(24-16-22(29)15-23(30)17-24)27(35)26(25)38-19-28(2)8-9-28/h3-6,15-18H,7-14,19H2,1-2H3. The third-order valence-corrected chi connectivity index (χ3v) is 9.29. The second-order valence-corrected chi connectivity index (χ2v) is 12.8. The molecule has 5 rings (SSSR count). The third kappa shape index (κ3) is 6.30. The van der Waals surface area contributed by atoms with Crippen molar-refractivity contribution in [2.45, 2.75) is 33.1 Å². The fourth-order valence-electron chi connectivity index (χ4n) is 4.58. The van der Waals surface area contributed by atoms with Crippen molar-refractivity contribution in [1.82, 2.24) is 14.1 Å². The van der Waals surface area contributed by atoms with Crippen molar-refractivity contribution in [3.05, 3.63) is 81.8 Å². The highest BCUT2D eigenvalue weighted by Crippen LogP contribution is 2.45. The molecular weight excluding hydrogens is 526 g/mol. The molecule has 208 valence electrons. The van der Waals surface area contributed by atoms with Crippen molar-refractivity contribution in [3.63, 3.8) is 0 Å². The Kier molecular flexibility index (Phi) is 7.47. The molecule has 0 bridgehead atoms. The van der Waals surface area contributed by atoms with Gasteiger partial charge in [0.2, 0.25) is 15.8 Å². The summed E-state index contributed by atoms with van der Waals surface area (Å²) in [6, 6.07) is 10.6. The molecule has 11 heteroatoms. The lowest BCUT2D eigenvalue weighted by atomic mass is 10.1. The Bertz CT molecular complexity index is 1490. The number of benzene rings is 2. The Morgan fingerprint density at radius 2 is 1.64 bits per heavy atom. The molecule has 0 amide bonds. The van der Waals surface area contributed by atoms with E-state index < -0.39 is 27.2 Å². The molecule has 2 fully saturated rings. The molecule has 3 aromatic rings. The number of aromatic nitrogens is 2. The Morgan fingerprint density at radius 1 is 1.00 bits per heavy atom. The first-order valence-electron chi connectivity index (χ1n) is 13.0. The maximum atomic E-state index is 13.9. The number of nitrogens with zero attached hydrogens (tertiary/aromatic N) is 4. The van der Waals surface area contributed by atoms with E-state index in [1.807, 2.05) is 36.1 Å². The Hall–Kier alpha value is -3.31. The predicted molar refractivity (Wildman–Crippen MR) is 145 cm³/mol. The van der Waals surface area contributed by atoms with Crippen LogP contribution in [0.1, 0.15) is 30.9 Å². The Labute approximate surface area is 226 Å². The van der Waals surface area contributed by atoms with Crippen LogP contribution < -0.4 is 15.2 Å². The lowest BCUT2D eigenvalue weighted by Crippen LogP contribution is -2.50. The predicted octanol–water partition coefficient (Wildman–Crippen LogP) is 3.69.